The number of rotatable bonds is 6. The molecular formula is C31H47Si2Ti. The van der Waals surface area contributed by atoms with E-state index < -0.39 is 16.1 Å². The minimum absolute atomic E-state index is 0. The van der Waals surface area contributed by atoms with Crippen molar-refractivity contribution < 1.29 is 21.7 Å². The van der Waals surface area contributed by atoms with E-state index in [9.17, 15) is 0 Å². The Morgan fingerprint density at radius 2 is 1.35 bits per heavy atom. The van der Waals surface area contributed by atoms with Crippen LogP contribution in [0.15, 0.2) is 65.3 Å². The van der Waals surface area contributed by atoms with Crippen molar-refractivity contribution in [2.45, 2.75) is 79.2 Å². The summed E-state index contributed by atoms with van der Waals surface area (Å²) in [5, 5.41) is 4.69. The van der Waals surface area contributed by atoms with Crippen molar-refractivity contribution in [3.8, 4) is 0 Å². The van der Waals surface area contributed by atoms with E-state index in [2.05, 4.69) is 123 Å². The average molecular weight is 524 g/mol. The van der Waals surface area contributed by atoms with Crippen LogP contribution >= 0.6 is 0 Å². The van der Waals surface area contributed by atoms with Crippen molar-refractivity contribution in [1.82, 2.24) is 0 Å². The number of hydrogen-bond donors (Lipinski definition) is 0. The minimum atomic E-state index is -2.26. The van der Waals surface area contributed by atoms with Crippen molar-refractivity contribution >= 4 is 31.7 Å². The molecule has 0 aromatic heterocycles. The molecule has 2 aromatic carbocycles. The molecule has 0 amide bonds. The zero-order valence-corrected chi connectivity index (χ0v) is 27.5. The van der Waals surface area contributed by atoms with Gasteiger partial charge in [-0.05, 0) is 18.9 Å². The normalized spacial score (nSPS) is 19.6. The van der Waals surface area contributed by atoms with Crippen LogP contribution in [-0.2, 0) is 21.7 Å². The molecule has 0 saturated heterocycles. The molecule has 2 aromatic rings. The molecule has 3 heteroatoms. The molecule has 0 bridgehead atoms. The standard InChI is InChI=1S/C29H41Si2.2CH3.Ti/c1-21(2)20-31(26-14-12-11-13-15-26,29(7)19-23(4)24(5)25(29)6)28-17-22(3)16-27(18-28)30(8,9)10;;;/h11-18,21H,20H2,1-10H3;2*1H3;/q3*-1;+3. The second-order valence-electron chi connectivity index (χ2n) is 11.3. The first kappa shape index (κ1) is 33.1. The zero-order valence-electron chi connectivity index (χ0n) is 23.9. The van der Waals surface area contributed by atoms with Gasteiger partial charge in [-0.1, -0.05) is 129 Å². The second-order valence-corrected chi connectivity index (χ2v) is 20.8. The molecule has 2 unspecified atom stereocenters. The van der Waals surface area contributed by atoms with Crippen LogP contribution in [-0.4, -0.2) is 16.1 Å². The Kier molecular flexibility index (Phi) is 11.5. The summed E-state index contributed by atoms with van der Waals surface area (Å²) in [6.07, 6.45) is 4.07. The van der Waals surface area contributed by atoms with E-state index in [0.717, 1.165) is 0 Å². The predicted octanol–water partition coefficient (Wildman–Crippen LogP) is 7.52. The summed E-state index contributed by atoms with van der Waals surface area (Å²) in [5.41, 5.74) is 5.72. The molecule has 0 heterocycles. The van der Waals surface area contributed by atoms with Gasteiger partial charge in [0.1, 0.15) is 8.07 Å². The Labute approximate surface area is 229 Å². The van der Waals surface area contributed by atoms with Gasteiger partial charge in [0.2, 0.25) is 0 Å². The van der Waals surface area contributed by atoms with Crippen LogP contribution in [0.2, 0.25) is 30.7 Å². The molecule has 1 aliphatic rings. The van der Waals surface area contributed by atoms with Crippen LogP contribution in [0.25, 0.3) is 0 Å². The number of aryl methyl sites for hydroxylation is 1. The first-order chi connectivity index (χ1) is 14.3. The molecule has 0 saturated carbocycles. The van der Waals surface area contributed by atoms with Crippen LogP contribution in [0.1, 0.15) is 47.1 Å². The molecular weight excluding hydrogens is 476 g/mol. The van der Waals surface area contributed by atoms with Gasteiger partial charge in [-0.3, -0.25) is 6.08 Å². The van der Waals surface area contributed by atoms with E-state index in [0.29, 0.717) is 5.92 Å². The second kappa shape index (κ2) is 11.9. The van der Waals surface area contributed by atoms with Crippen molar-refractivity contribution in [2.24, 2.45) is 5.92 Å². The summed E-state index contributed by atoms with van der Waals surface area (Å²) in [6.45, 7) is 24.0. The van der Waals surface area contributed by atoms with Crippen LogP contribution < -0.4 is 15.6 Å². The molecule has 0 fully saturated rings. The Balaban J connectivity index is 0.00000363. The SMILES string of the molecule is CC1=[C-]C(C)([Si](CC(C)C)(c2ccccc2)c2cc(C)cc([Si](C)(C)C)c2)C(C)=C1C.[CH3-].[CH3-].[Ti+3]. The Morgan fingerprint density at radius 1 is 0.824 bits per heavy atom. The van der Waals surface area contributed by atoms with Crippen LogP contribution in [0, 0.1) is 33.8 Å². The molecule has 2 atom stereocenters. The quantitative estimate of drug-likeness (QED) is 0.271. The van der Waals surface area contributed by atoms with Gasteiger partial charge in [0.05, 0.1) is 8.07 Å². The molecule has 34 heavy (non-hydrogen) atoms. The summed E-state index contributed by atoms with van der Waals surface area (Å²) in [6, 6.07) is 20.3. The van der Waals surface area contributed by atoms with Gasteiger partial charge in [-0.25, -0.2) is 5.57 Å². The molecule has 3 rings (SSSR count). The van der Waals surface area contributed by atoms with Gasteiger partial charge in [-0.15, -0.1) is 6.92 Å². The van der Waals surface area contributed by atoms with E-state index in [1.54, 1.807) is 15.6 Å². The third-order valence-corrected chi connectivity index (χ3v) is 15.8. The van der Waals surface area contributed by atoms with Gasteiger partial charge in [-0.2, -0.15) is 11.1 Å². The zero-order chi connectivity index (χ0) is 23.2. The average Bonchev–Trinajstić information content (AvgIpc) is 2.89. The fourth-order valence-electron chi connectivity index (χ4n) is 5.63. The van der Waals surface area contributed by atoms with E-state index in [1.807, 2.05) is 0 Å². The molecule has 0 aliphatic heterocycles. The third kappa shape index (κ3) is 5.72. The van der Waals surface area contributed by atoms with E-state index >= 15 is 0 Å². The predicted molar refractivity (Wildman–Crippen MR) is 157 cm³/mol. The van der Waals surface area contributed by atoms with Gasteiger partial charge >= 0.3 is 21.7 Å². The topological polar surface area (TPSA) is 0 Å². The largest absolute Gasteiger partial charge is 3.00 e. The Morgan fingerprint density at radius 3 is 1.79 bits per heavy atom. The first-order valence-corrected chi connectivity index (χ1v) is 17.5. The molecule has 183 valence electrons. The third-order valence-electron chi connectivity index (χ3n) is 7.58. The van der Waals surface area contributed by atoms with Crippen molar-refractivity contribution in [3.63, 3.8) is 0 Å². The minimum Gasteiger partial charge on any atom is -0.358 e. The Bertz CT molecular complexity index is 1030. The van der Waals surface area contributed by atoms with Crippen LogP contribution in [0.5, 0.6) is 0 Å². The van der Waals surface area contributed by atoms with Crippen molar-refractivity contribution in [3.05, 3.63) is 91.7 Å². The summed E-state index contributed by atoms with van der Waals surface area (Å²) in [5.74, 6) is 0.621. The number of hydrogen-bond acceptors (Lipinski definition) is 0. The van der Waals surface area contributed by atoms with Gasteiger partial charge in [0.25, 0.3) is 0 Å². The van der Waals surface area contributed by atoms with E-state index in [1.165, 1.54) is 28.3 Å². The van der Waals surface area contributed by atoms with Gasteiger partial charge in [0.15, 0.2) is 0 Å². The summed E-state index contributed by atoms with van der Waals surface area (Å²) >= 11 is 0. The molecule has 0 N–H and O–H groups in total. The summed E-state index contributed by atoms with van der Waals surface area (Å²) < 4.78 is 0. The summed E-state index contributed by atoms with van der Waals surface area (Å²) in [7, 11) is -3.70. The van der Waals surface area contributed by atoms with Gasteiger partial charge in [0, 0.05) is 0 Å². The van der Waals surface area contributed by atoms with Gasteiger partial charge < -0.3 is 14.9 Å². The molecule has 0 spiro atoms. The maximum absolute atomic E-state index is 4.07. The van der Waals surface area contributed by atoms with Crippen molar-refractivity contribution in [2.75, 3.05) is 0 Å². The van der Waals surface area contributed by atoms with E-state index in [-0.39, 0.29) is 41.6 Å². The molecule has 1 aliphatic carbocycles. The fourth-order valence-corrected chi connectivity index (χ4v) is 13.5. The number of allylic oxidation sites excluding steroid dienone is 4. The smallest absolute Gasteiger partial charge is 0.358 e. The van der Waals surface area contributed by atoms with Crippen molar-refractivity contribution in [1.29, 1.82) is 0 Å². The molecule has 0 nitrogen and oxygen atoms in total. The fraction of sp³-hybridized carbons (Fsp3) is 0.419. The maximum Gasteiger partial charge on any atom is 3.00 e. The monoisotopic (exact) mass is 523 g/mol. The summed E-state index contributed by atoms with van der Waals surface area (Å²) in [4.78, 5) is 0. The Hall–Kier alpha value is -0.932. The van der Waals surface area contributed by atoms with E-state index in [4.69, 9.17) is 0 Å². The molecule has 1 radical (unpaired) electrons. The van der Waals surface area contributed by atoms with Crippen LogP contribution in [0.4, 0.5) is 0 Å². The first-order valence-electron chi connectivity index (χ1n) is 11.8. The maximum atomic E-state index is 4.07. The van der Waals surface area contributed by atoms with Crippen LogP contribution in [0.3, 0.4) is 0 Å². The number of benzene rings is 2.